The fourth-order valence-electron chi connectivity index (χ4n) is 2.83. The summed E-state index contributed by atoms with van der Waals surface area (Å²) in [6, 6.07) is 12.1. The van der Waals surface area contributed by atoms with Gasteiger partial charge in [-0.25, -0.2) is 5.43 Å². The average molecular weight is 340 g/mol. The first kappa shape index (κ1) is 17.2. The van der Waals surface area contributed by atoms with Gasteiger partial charge in [-0.15, -0.1) is 0 Å². The van der Waals surface area contributed by atoms with Crippen LogP contribution in [0.15, 0.2) is 47.7 Å². The molecule has 1 aromatic heterocycles. The highest BCUT2D eigenvalue weighted by molar-refractivity contribution is 5.99. The van der Waals surface area contributed by atoms with Crippen LogP contribution in [0.2, 0.25) is 0 Å². The van der Waals surface area contributed by atoms with Gasteiger partial charge in [0.05, 0.1) is 25.3 Å². The summed E-state index contributed by atoms with van der Waals surface area (Å²) in [4.78, 5) is 14.3. The summed E-state index contributed by atoms with van der Waals surface area (Å²) in [5.41, 5.74) is 6.56. The number of carbonyl (C=O) groups is 1. The number of ether oxygens (including phenoxy) is 1. The van der Waals surface area contributed by atoms with E-state index in [2.05, 4.69) is 27.6 Å². The smallest absolute Gasteiger partial charge is 0.246 e. The van der Waals surface area contributed by atoms with Crippen molar-refractivity contribution >= 4 is 17.3 Å². The zero-order valence-corrected chi connectivity index (χ0v) is 14.7. The first-order chi connectivity index (χ1) is 12.1. The number of hydrogen-bond donors (Lipinski definition) is 1. The summed E-state index contributed by atoms with van der Waals surface area (Å²) >= 11 is 0. The van der Waals surface area contributed by atoms with Crippen molar-refractivity contribution in [2.45, 2.75) is 13.3 Å². The number of amides is 1. The van der Waals surface area contributed by atoms with Crippen LogP contribution in [0, 0.1) is 0 Å². The van der Waals surface area contributed by atoms with E-state index in [1.165, 1.54) is 5.69 Å². The highest BCUT2D eigenvalue weighted by Gasteiger charge is 2.11. The molecule has 1 aliphatic rings. The van der Waals surface area contributed by atoms with Crippen molar-refractivity contribution in [2.75, 3.05) is 31.2 Å². The number of aryl methyl sites for hydroxylation is 1. The number of aromatic nitrogens is 1. The van der Waals surface area contributed by atoms with E-state index in [4.69, 9.17) is 4.74 Å². The predicted octanol–water partition coefficient (Wildman–Crippen LogP) is 1.94. The summed E-state index contributed by atoms with van der Waals surface area (Å²) in [6.07, 6.45) is 2.24. The predicted molar refractivity (Wildman–Crippen MR) is 98.9 cm³/mol. The molecular formula is C19H24N4O2. The fraction of sp³-hybridized carbons (Fsp3) is 0.368. The van der Waals surface area contributed by atoms with Crippen LogP contribution in [0.5, 0.6) is 0 Å². The van der Waals surface area contributed by atoms with Crippen molar-refractivity contribution in [3.05, 3.63) is 53.9 Å². The topological polar surface area (TPSA) is 58.9 Å². The van der Waals surface area contributed by atoms with Crippen LogP contribution < -0.4 is 10.3 Å². The van der Waals surface area contributed by atoms with Crippen LogP contribution in [0.1, 0.15) is 18.2 Å². The van der Waals surface area contributed by atoms with Crippen molar-refractivity contribution in [3.8, 4) is 0 Å². The summed E-state index contributed by atoms with van der Waals surface area (Å²) in [7, 11) is 1.92. The van der Waals surface area contributed by atoms with Crippen LogP contribution in [0.25, 0.3) is 0 Å². The molecule has 0 radical (unpaired) electrons. The number of hydrazone groups is 1. The van der Waals surface area contributed by atoms with Crippen molar-refractivity contribution in [1.29, 1.82) is 0 Å². The molecule has 1 aliphatic heterocycles. The Hall–Kier alpha value is -2.60. The quantitative estimate of drug-likeness (QED) is 0.668. The highest BCUT2D eigenvalue weighted by atomic mass is 16.5. The second kappa shape index (κ2) is 7.98. The van der Waals surface area contributed by atoms with Gasteiger partial charge in [-0.3, -0.25) is 4.79 Å². The zero-order chi connectivity index (χ0) is 17.6. The van der Waals surface area contributed by atoms with Gasteiger partial charge < -0.3 is 14.2 Å². The average Bonchev–Trinajstić information content (AvgIpc) is 3.05. The van der Waals surface area contributed by atoms with Gasteiger partial charge in [-0.2, -0.15) is 5.10 Å². The molecule has 25 heavy (non-hydrogen) atoms. The molecule has 1 saturated heterocycles. The lowest BCUT2D eigenvalue weighted by Gasteiger charge is -2.28. The van der Waals surface area contributed by atoms with Crippen molar-refractivity contribution in [2.24, 2.45) is 12.1 Å². The zero-order valence-electron chi connectivity index (χ0n) is 14.7. The van der Waals surface area contributed by atoms with Crippen LogP contribution in [-0.2, 0) is 23.0 Å². The van der Waals surface area contributed by atoms with Crippen LogP contribution in [0.3, 0.4) is 0 Å². The lowest BCUT2D eigenvalue weighted by Crippen LogP contribution is -2.36. The molecular weight excluding hydrogens is 316 g/mol. The third kappa shape index (κ3) is 4.48. The summed E-state index contributed by atoms with van der Waals surface area (Å²) in [5.74, 6) is -0.119. The second-order valence-corrected chi connectivity index (χ2v) is 6.17. The van der Waals surface area contributed by atoms with E-state index in [0.29, 0.717) is 6.42 Å². The Bertz CT molecular complexity index is 743. The minimum Gasteiger partial charge on any atom is -0.378 e. The molecule has 3 rings (SSSR count). The Morgan fingerprint density at radius 3 is 2.56 bits per heavy atom. The van der Waals surface area contributed by atoms with Gasteiger partial charge in [0.15, 0.2) is 0 Å². The standard InChI is InChI=1S/C19H24N4O2/c1-15(20-21-19(24)14-18-4-3-9-22(18)2)16-5-7-17(8-6-16)23-10-12-25-13-11-23/h3-9H,10-14H2,1-2H3,(H,21,24). The first-order valence-electron chi connectivity index (χ1n) is 8.50. The number of anilines is 1. The van der Waals surface area contributed by atoms with E-state index in [-0.39, 0.29) is 5.91 Å². The van der Waals surface area contributed by atoms with Crippen molar-refractivity contribution in [3.63, 3.8) is 0 Å². The molecule has 6 heteroatoms. The molecule has 6 nitrogen and oxygen atoms in total. The maximum atomic E-state index is 12.0. The normalized spacial score (nSPS) is 15.3. The second-order valence-electron chi connectivity index (χ2n) is 6.17. The van der Waals surface area contributed by atoms with Crippen molar-refractivity contribution < 1.29 is 9.53 Å². The van der Waals surface area contributed by atoms with Gasteiger partial charge in [0, 0.05) is 37.7 Å². The lowest BCUT2D eigenvalue weighted by molar-refractivity contribution is -0.120. The Balaban J connectivity index is 1.58. The van der Waals surface area contributed by atoms with Gasteiger partial charge in [-0.05, 0) is 36.8 Å². The summed E-state index contributed by atoms with van der Waals surface area (Å²) in [5, 5.41) is 4.22. The summed E-state index contributed by atoms with van der Waals surface area (Å²) < 4.78 is 7.31. The minimum absolute atomic E-state index is 0.119. The molecule has 1 fully saturated rings. The SMILES string of the molecule is CC(=NNC(=O)Cc1cccn1C)c1ccc(N2CCOCC2)cc1. The van der Waals surface area contributed by atoms with E-state index in [1.807, 2.05) is 49.0 Å². The van der Waals surface area contributed by atoms with Crippen LogP contribution in [-0.4, -0.2) is 42.5 Å². The Morgan fingerprint density at radius 1 is 1.20 bits per heavy atom. The third-order valence-corrected chi connectivity index (χ3v) is 4.40. The minimum atomic E-state index is -0.119. The number of benzene rings is 1. The Labute approximate surface area is 148 Å². The maximum Gasteiger partial charge on any atom is 0.246 e. The molecule has 0 unspecified atom stereocenters. The number of nitrogens with one attached hydrogen (secondary N) is 1. The van der Waals surface area contributed by atoms with Gasteiger partial charge in [0.25, 0.3) is 0 Å². The van der Waals surface area contributed by atoms with E-state index in [1.54, 1.807) is 0 Å². The highest BCUT2D eigenvalue weighted by Crippen LogP contribution is 2.17. The number of hydrogen-bond acceptors (Lipinski definition) is 4. The fourth-order valence-corrected chi connectivity index (χ4v) is 2.83. The molecule has 1 aromatic carbocycles. The lowest BCUT2D eigenvalue weighted by atomic mass is 10.1. The molecule has 2 heterocycles. The van der Waals surface area contributed by atoms with Gasteiger partial charge >= 0.3 is 0 Å². The third-order valence-electron chi connectivity index (χ3n) is 4.40. The molecule has 0 aliphatic carbocycles. The monoisotopic (exact) mass is 340 g/mol. The molecule has 1 N–H and O–H groups in total. The van der Waals surface area contributed by atoms with E-state index >= 15 is 0 Å². The number of carbonyl (C=O) groups excluding carboxylic acids is 1. The number of nitrogens with zero attached hydrogens (tertiary/aromatic N) is 3. The molecule has 0 spiro atoms. The summed E-state index contributed by atoms with van der Waals surface area (Å²) in [6.45, 7) is 5.28. The van der Waals surface area contributed by atoms with Crippen molar-refractivity contribution in [1.82, 2.24) is 9.99 Å². The van der Waals surface area contributed by atoms with Gasteiger partial charge in [-0.1, -0.05) is 12.1 Å². The molecule has 0 atom stereocenters. The number of morpholine rings is 1. The molecule has 0 saturated carbocycles. The maximum absolute atomic E-state index is 12.0. The van der Waals surface area contributed by atoms with Gasteiger partial charge in [0.1, 0.15) is 0 Å². The molecule has 132 valence electrons. The van der Waals surface area contributed by atoms with E-state index < -0.39 is 0 Å². The molecule has 0 bridgehead atoms. The van der Waals surface area contributed by atoms with E-state index in [9.17, 15) is 4.79 Å². The largest absolute Gasteiger partial charge is 0.378 e. The van der Waals surface area contributed by atoms with E-state index in [0.717, 1.165) is 43.3 Å². The van der Waals surface area contributed by atoms with Crippen LogP contribution >= 0.6 is 0 Å². The molecule has 2 aromatic rings. The van der Waals surface area contributed by atoms with Gasteiger partial charge in [0.2, 0.25) is 5.91 Å². The number of rotatable bonds is 5. The first-order valence-corrected chi connectivity index (χ1v) is 8.50. The molecule has 1 amide bonds. The Morgan fingerprint density at radius 2 is 1.92 bits per heavy atom. The Kier molecular flexibility index (Phi) is 5.50. The van der Waals surface area contributed by atoms with Crippen LogP contribution in [0.4, 0.5) is 5.69 Å².